The van der Waals surface area contributed by atoms with Crippen molar-refractivity contribution < 1.29 is 13.9 Å². The van der Waals surface area contributed by atoms with Crippen LogP contribution in [-0.4, -0.2) is 14.9 Å². The van der Waals surface area contributed by atoms with Crippen LogP contribution < -0.4 is 0 Å². The summed E-state index contributed by atoms with van der Waals surface area (Å²) in [6, 6.07) is 11.3. The average molecular weight is 421 g/mol. The minimum absolute atomic E-state index is 0.0414. The fourth-order valence-electron chi connectivity index (χ4n) is 5.46. The predicted molar refractivity (Wildman–Crippen MR) is 117 cm³/mol. The summed E-state index contributed by atoms with van der Waals surface area (Å²) < 4.78 is 29.0. The Hall–Kier alpha value is -2.79. The second-order valence-electron chi connectivity index (χ2n) is 9.16. The van der Waals surface area contributed by atoms with Crippen LogP contribution in [0.15, 0.2) is 54.2 Å². The molecule has 2 aliphatic rings. The molecule has 3 nitrogen and oxygen atoms in total. The third kappa shape index (κ3) is 3.32. The number of aromatic nitrogens is 2. The zero-order chi connectivity index (χ0) is 21.8. The molecule has 1 saturated carbocycles. The lowest BCUT2D eigenvalue weighted by Gasteiger charge is -2.47. The molecular weight excluding hydrogens is 394 g/mol. The number of hydrogen-bond donors (Lipinski definition) is 1. The minimum Gasteiger partial charge on any atom is -0.388 e. The summed E-state index contributed by atoms with van der Waals surface area (Å²) in [5, 5.41) is 15.9. The van der Waals surface area contributed by atoms with E-state index in [0.717, 1.165) is 48.2 Å². The molecule has 1 unspecified atom stereocenters. The van der Waals surface area contributed by atoms with Crippen molar-refractivity contribution in [2.75, 3.05) is 0 Å². The van der Waals surface area contributed by atoms with E-state index in [1.54, 1.807) is 31.2 Å². The van der Waals surface area contributed by atoms with Crippen molar-refractivity contribution in [1.29, 1.82) is 0 Å². The molecule has 0 radical (unpaired) electrons. The van der Waals surface area contributed by atoms with Crippen molar-refractivity contribution in [3.63, 3.8) is 0 Å². The molecule has 1 N–H and O–H groups in total. The van der Waals surface area contributed by atoms with E-state index < -0.39 is 6.10 Å². The number of benzene rings is 2. The number of fused-ring (bicyclic) bond motifs is 2. The van der Waals surface area contributed by atoms with Gasteiger partial charge < -0.3 is 5.11 Å². The van der Waals surface area contributed by atoms with E-state index in [2.05, 4.69) is 18.1 Å². The summed E-state index contributed by atoms with van der Waals surface area (Å²) >= 11 is 0. The summed E-state index contributed by atoms with van der Waals surface area (Å²) in [4.78, 5) is 0. The number of aliphatic hydroxyl groups excluding tert-OH is 1. The molecule has 0 aliphatic heterocycles. The van der Waals surface area contributed by atoms with Gasteiger partial charge in [-0.05, 0) is 97.0 Å². The molecule has 0 saturated heterocycles. The summed E-state index contributed by atoms with van der Waals surface area (Å²) in [7, 11) is 0. The van der Waals surface area contributed by atoms with Gasteiger partial charge in [-0.15, -0.1) is 0 Å². The summed E-state index contributed by atoms with van der Waals surface area (Å²) in [6.45, 7) is 3.97. The second kappa shape index (κ2) is 7.41. The first-order valence-corrected chi connectivity index (χ1v) is 10.8. The van der Waals surface area contributed by atoms with Gasteiger partial charge >= 0.3 is 0 Å². The van der Waals surface area contributed by atoms with Crippen molar-refractivity contribution in [3.05, 3.63) is 88.3 Å². The van der Waals surface area contributed by atoms with Crippen LogP contribution in [0.1, 0.15) is 54.7 Å². The average Bonchev–Trinajstić information content (AvgIpc) is 3.15. The lowest BCUT2D eigenvalue weighted by atomic mass is 9.57. The van der Waals surface area contributed by atoms with Crippen LogP contribution >= 0.6 is 0 Å². The Morgan fingerprint density at radius 2 is 1.94 bits per heavy atom. The summed E-state index contributed by atoms with van der Waals surface area (Å²) in [5.74, 6) is -0.475. The smallest absolute Gasteiger partial charge is 0.126 e. The first-order valence-electron chi connectivity index (χ1n) is 10.8. The lowest BCUT2D eigenvalue weighted by Crippen LogP contribution is -2.40. The SMILES string of the molecule is Cc1cc([C@H](O)C2CCCC3=Cc4c(cnn4-c4ccc(F)cc4)C[C@@]32C)ccc1F. The Bertz CT molecular complexity index is 1160. The van der Waals surface area contributed by atoms with E-state index in [1.165, 1.54) is 23.8 Å². The molecule has 0 bridgehead atoms. The van der Waals surface area contributed by atoms with Crippen molar-refractivity contribution in [2.45, 2.75) is 45.6 Å². The van der Waals surface area contributed by atoms with Gasteiger partial charge in [0.2, 0.25) is 0 Å². The van der Waals surface area contributed by atoms with E-state index in [0.29, 0.717) is 5.56 Å². The summed E-state index contributed by atoms with van der Waals surface area (Å²) in [6.07, 6.45) is 7.15. The maximum absolute atomic E-state index is 13.8. The number of nitrogens with zero attached hydrogens (tertiary/aromatic N) is 2. The third-order valence-corrected chi connectivity index (χ3v) is 7.24. The number of aryl methyl sites for hydroxylation is 1. The van der Waals surface area contributed by atoms with Gasteiger partial charge in [-0.2, -0.15) is 5.10 Å². The standard InChI is InChI=1S/C26H26F2N2O/c1-16-12-17(6-11-23(16)28)25(31)22-5-3-4-19-13-24-18(14-26(19,22)2)15-29-30(24)21-9-7-20(27)8-10-21/h6-13,15,22,25,31H,3-5,14H2,1-2H3/t22?,25-,26-/m0/s1. The topological polar surface area (TPSA) is 38.1 Å². The van der Waals surface area contributed by atoms with Crippen molar-refractivity contribution in [2.24, 2.45) is 11.3 Å². The molecule has 5 rings (SSSR count). The number of allylic oxidation sites excluding steroid dienone is 1. The van der Waals surface area contributed by atoms with Crippen LogP contribution in [0, 0.1) is 29.9 Å². The molecule has 5 heteroatoms. The molecule has 0 amide bonds. The van der Waals surface area contributed by atoms with E-state index in [-0.39, 0.29) is 23.0 Å². The van der Waals surface area contributed by atoms with Gasteiger partial charge in [0.15, 0.2) is 0 Å². The van der Waals surface area contributed by atoms with Crippen LogP contribution in [0.5, 0.6) is 0 Å². The fraction of sp³-hybridized carbons (Fsp3) is 0.346. The van der Waals surface area contributed by atoms with Crippen molar-refractivity contribution in [3.8, 4) is 5.69 Å². The van der Waals surface area contributed by atoms with Crippen molar-refractivity contribution in [1.82, 2.24) is 9.78 Å². The van der Waals surface area contributed by atoms with Crippen LogP contribution in [0.4, 0.5) is 8.78 Å². The number of aliphatic hydroxyl groups is 1. The Morgan fingerprint density at radius 3 is 2.68 bits per heavy atom. The summed E-state index contributed by atoms with van der Waals surface area (Å²) in [5.41, 5.74) is 5.45. The zero-order valence-electron chi connectivity index (χ0n) is 17.8. The highest BCUT2D eigenvalue weighted by Gasteiger charge is 2.46. The molecule has 0 spiro atoms. The highest BCUT2D eigenvalue weighted by atomic mass is 19.1. The fourth-order valence-corrected chi connectivity index (χ4v) is 5.46. The van der Waals surface area contributed by atoms with Gasteiger partial charge in [0.25, 0.3) is 0 Å². The third-order valence-electron chi connectivity index (χ3n) is 7.24. The number of hydrogen-bond acceptors (Lipinski definition) is 2. The highest BCUT2D eigenvalue weighted by Crippen LogP contribution is 2.54. The van der Waals surface area contributed by atoms with Crippen molar-refractivity contribution >= 4 is 6.08 Å². The van der Waals surface area contributed by atoms with Gasteiger partial charge in [-0.25, -0.2) is 13.5 Å². The number of halogens is 2. The van der Waals surface area contributed by atoms with Crippen LogP contribution in [0.25, 0.3) is 11.8 Å². The molecule has 1 aromatic heterocycles. The van der Waals surface area contributed by atoms with Crippen LogP contribution in [0.3, 0.4) is 0 Å². The van der Waals surface area contributed by atoms with E-state index in [4.69, 9.17) is 0 Å². The van der Waals surface area contributed by atoms with Gasteiger partial charge in [0.05, 0.1) is 23.7 Å². The molecule has 1 heterocycles. The maximum atomic E-state index is 13.8. The molecule has 2 aromatic carbocycles. The number of rotatable bonds is 3. The van der Waals surface area contributed by atoms with Crippen LogP contribution in [-0.2, 0) is 6.42 Å². The highest BCUT2D eigenvalue weighted by molar-refractivity contribution is 5.61. The first-order chi connectivity index (χ1) is 14.9. The Morgan fingerprint density at radius 1 is 1.16 bits per heavy atom. The molecule has 3 atom stereocenters. The second-order valence-corrected chi connectivity index (χ2v) is 9.16. The van der Waals surface area contributed by atoms with E-state index in [9.17, 15) is 13.9 Å². The van der Waals surface area contributed by atoms with E-state index >= 15 is 0 Å². The molecule has 1 fully saturated rings. The Balaban J connectivity index is 1.51. The molecule has 31 heavy (non-hydrogen) atoms. The lowest BCUT2D eigenvalue weighted by molar-refractivity contribution is 0.0216. The molecule has 160 valence electrons. The normalized spacial score (nSPS) is 23.6. The quantitative estimate of drug-likeness (QED) is 0.570. The first kappa shape index (κ1) is 20.1. The Labute approximate surface area is 181 Å². The van der Waals surface area contributed by atoms with Gasteiger partial charge in [-0.3, -0.25) is 0 Å². The largest absolute Gasteiger partial charge is 0.388 e. The van der Waals surface area contributed by atoms with Gasteiger partial charge in [0, 0.05) is 0 Å². The predicted octanol–water partition coefficient (Wildman–Crippen LogP) is 5.94. The monoisotopic (exact) mass is 420 g/mol. The Kier molecular flexibility index (Phi) is 4.82. The minimum atomic E-state index is -0.651. The molecule has 2 aliphatic carbocycles. The molecular formula is C26H26F2N2O. The molecule has 3 aromatic rings. The zero-order valence-corrected chi connectivity index (χ0v) is 17.8. The van der Waals surface area contributed by atoms with Gasteiger partial charge in [0.1, 0.15) is 11.6 Å². The van der Waals surface area contributed by atoms with E-state index in [1.807, 2.05) is 10.9 Å². The van der Waals surface area contributed by atoms with Crippen LogP contribution in [0.2, 0.25) is 0 Å². The maximum Gasteiger partial charge on any atom is 0.126 e. The van der Waals surface area contributed by atoms with Gasteiger partial charge in [-0.1, -0.05) is 24.6 Å².